The van der Waals surface area contributed by atoms with E-state index in [0.29, 0.717) is 10.0 Å². The molecule has 2 aromatic rings. The van der Waals surface area contributed by atoms with Gasteiger partial charge in [-0.1, -0.05) is 41.0 Å². The van der Waals surface area contributed by atoms with E-state index >= 15 is 0 Å². The van der Waals surface area contributed by atoms with E-state index in [2.05, 4.69) is 15.5 Å². The number of nitrogens with one attached hydrogen (secondary N) is 1. The minimum absolute atomic E-state index is 0.0841. The lowest BCUT2D eigenvalue weighted by molar-refractivity contribution is -0.120. The topological polar surface area (TPSA) is 59.8 Å². The molecular weight excluding hydrogens is 355 g/mol. The smallest absolute Gasteiger partial charge is 0.233 e. The van der Waals surface area contributed by atoms with Gasteiger partial charge >= 0.3 is 0 Å². The number of rotatable bonds is 6. The molecule has 8 heteroatoms. The highest BCUT2D eigenvalue weighted by atomic mass is 35.5. The Morgan fingerprint density at radius 3 is 2.78 bits per heavy atom. The average molecular weight is 373 g/mol. The first-order chi connectivity index (χ1) is 10.9. The number of thioether (sulfide) groups is 1. The van der Waals surface area contributed by atoms with E-state index in [-0.39, 0.29) is 17.2 Å². The molecule has 1 aromatic carbocycles. The first kappa shape index (κ1) is 18.1. The van der Waals surface area contributed by atoms with E-state index < -0.39 is 0 Å². The summed E-state index contributed by atoms with van der Waals surface area (Å²) in [5, 5.41) is 12.4. The third kappa shape index (κ3) is 4.62. The molecule has 5 nitrogen and oxygen atoms in total. The number of hydrogen-bond donors (Lipinski definition) is 1. The van der Waals surface area contributed by atoms with Crippen molar-refractivity contribution in [2.75, 3.05) is 0 Å². The quantitative estimate of drug-likeness (QED) is 0.779. The summed E-state index contributed by atoms with van der Waals surface area (Å²) in [4.78, 5) is 12.4. The number of nitrogens with zero attached hydrogens (tertiary/aromatic N) is 3. The summed E-state index contributed by atoms with van der Waals surface area (Å²) in [5.41, 5.74) is 0.832. The van der Waals surface area contributed by atoms with E-state index in [1.165, 1.54) is 11.8 Å². The predicted octanol–water partition coefficient (Wildman–Crippen LogP) is 3.96. The maximum absolute atomic E-state index is 12.4. The molecule has 0 aliphatic rings. The molecule has 0 aliphatic heterocycles. The molecule has 1 aromatic heterocycles. The predicted molar refractivity (Wildman–Crippen MR) is 94.0 cm³/mol. The maximum Gasteiger partial charge on any atom is 0.233 e. The highest BCUT2D eigenvalue weighted by Gasteiger charge is 2.20. The summed E-state index contributed by atoms with van der Waals surface area (Å²) in [7, 11) is 0. The van der Waals surface area contributed by atoms with Gasteiger partial charge in [0.25, 0.3) is 0 Å². The van der Waals surface area contributed by atoms with Crippen molar-refractivity contribution in [3.8, 4) is 0 Å². The minimum atomic E-state index is -0.293. The largest absolute Gasteiger partial charge is 0.349 e. The molecule has 0 radical (unpaired) electrons. The van der Waals surface area contributed by atoms with Crippen molar-refractivity contribution in [3.63, 3.8) is 0 Å². The Morgan fingerprint density at radius 2 is 2.13 bits per heavy atom. The van der Waals surface area contributed by atoms with Crippen molar-refractivity contribution in [1.29, 1.82) is 0 Å². The van der Waals surface area contributed by atoms with E-state index in [4.69, 9.17) is 23.2 Å². The van der Waals surface area contributed by atoms with Crippen molar-refractivity contribution in [2.45, 2.75) is 43.8 Å². The monoisotopic (exact) mass is 372 g/mol. The van der Waals surface area contributed by atoms with Crippen LogP contribution in [0.2, 0.25) is 10.0 Å². The molecule has 1 N–H and O–H groups in total. The third-order valence-electron chi connectivity index (χ3n) is 3.36. The first-order valence-electron chi connectivity index (χ1n) is 7.22. The van der Waals surface area contributed by atoms with Crippen LogP contribution < -0.4 is 5.32 Å². The van der Waals surface area contributed by atoms with Crippen LogP contribution in [0.25, 0.3) is 0 Å². The molecule has 0 aliphatic carbocycles. The molecule has 1 amide bonds. The highest BCUT2D eigenvalue weighted by Crippen LogP contribution is 2.27. The Kier molecular flexibility index (Phi) is 6.33. The molecule has 0 fully saturated rings. The lowest BCUT2D eigenvalue weighted by atomic mass is 10.1. The second kappa shape index (κ2) is 8.04. The fourth-order valence-corrected chi connectivity index (χ4v) is 3.49. The summed E-state index contributed by atoms with van der Waals surface area (Å²) in [6.07, 6.45) is 1.66. The number of amides is 1. The summed E-state index contributed by atoms with van der Waals surface area (Å²) in [6, 6.07) is 5.04. The van der Waals surface area contributed by atoms with Crippen LogP contribution in [0.4, 0.5) is 0 Å². The third-order valence-corrected chi connectivity index (χ3v) is 5.02. The molecule has 124 valence electrons. The van der Waals surface area contributed by atoms with Gasteiger partial charge in [-0.2, -0.15) is 0 Å². The van der Waals surface area contributed by atoms with Crippen molar-refractivity contribution in [2.24, 2.45) is 0 Å². The number of carbonyl (C=O) groups excluding carboxylic acids is 1. The van der Waals surface area contributed by atoms with Gasteiger partial charge in [0.2, 0.25) is 5.91 Å². The van der Waals surface area contributed by atoms with Gasteiger partial charge in [0, 0.05) is 16.6 Å². The summed E-state index contributed by atoms with van der Waals surface area (Å²) >= 11 is 13.5. The van der Waals surface area contributed by atoms with Crippen LogP contribution >= 0.6 is 35.0 Å². The first-order valence-corrected chi connectivity index (χ1v) is 8.85. The molecule has 0 saturated heterocycles. The summed E-state index contributed by atoms with van der Waals surface area (Å²) in [5.74, 6) is -0.0841. The molecule has 23 heavy (non-hydrogen) atoms. The van der Waals surface area contributed by atoms with Crippen molar-refractivity contribution in [1.82, 2.24) is 20.1 Å². The number of halogens is 2. The molecular formula is C15H18Cl2N4OS. The van der Waals surface area contributed by atoms with Crippen LogP contribution in [0.5, 0.6) is 0 Å². The van der Waals surface area contributed by atoms with Gasteiger partial charge in [0.15, 0.2) is 5.16 Å². The van der Waals surface area contributed by atoms with Crippen LogP contribution in [0.1, 0.15) is 32.4 Å². The van der Waals surface area contributed by atoms with Gasteiger partial charge < -0.3 is 9.88 Å². The number of aryl methyl sites for hydroxylation is 1. The summed E-state index contributed by atoms with van der Waals surface area (Å²) < 4.78 is 1.90. The Labute approximate surface area is 149 Å². The van der Waals surface area contributed by atoms with Crippen molar-refractivity contribution >= 4 is 40.9 Å². The van der Waals surface area contributed by atoms with Crippen LogP contribution in [0.15, 0.2) is 29.7 Å². The number of aromatic nitrogens is 3. The van der Waals surface area contributed by atoms with Crippen LogP contribution in [-0.2, 0) is 11.3 Å². The van der Waals surface area contributed by atoms with Gasteiger partial charge in [-0.25, -0.2) is 0 Å². The zero-order valence-corrected chi connectivity index (χ0v) is 15.4. The molecule has 0 spiro atoms. The second-order valence-corrected chi connectivity index (χ2v) is 7.21. The van der Waals surface area contributed by atoms with Gasteiger partial charge in [0.1, 0.15) is 6.33 Å². The lowest BCUT2D eigenvalue weighted by Gasteiger charge is -2.18. The molecule has 1 heterocycles. The van der Waals surface area contributed by atoms with Gasteiger partial charge in [-0.15, -0.1) is 10.2 Å². The Hall–Kier alpha value is -1.24. The second-order valence-electron chi connectivity index (χ2n) is 5.06. The van der Waals surface area contributed by atoms with Crippen molar-refractivity contribution < 1.29 is 4.79 Å². The Morgan fingerprint density at radius 1 is 1.39 bits per heavy atom. The van der Waals surface area contributed by atoms with E-state index in [1.807, 2.05) is 31.4 Å². The molecule has 2 rings (SSSR count). The fourth-order valence-electron chi connectivity index (χ4n) is 2.03. The zero-order chi connectivity index (χ0) is 17.0. The highest BCUT2D eigenvalue weighted by molar-refractivity contribution is 8.00. The molecule has 2 atom stereocenters. The SMILES string of the molecule is CCn1cnnc1S[C@@H](C)C(=O)N[C@H](C)c1ccc(Cl)cc1Cl. The van der Waals surface area contributed by atoms with Crippen LogP contribution in [0, 0.1) is 0 Å². The van der Waals surface area contributed by atoms with E-state index in [1.54, 1.807) is 18.5 Å². The Bertz CT molecular complexity index is 692. The minimum Gasteiger partial charge on any atom is -0.349 e. The fraction of sp³-hybridized carbons (Fsp3) is 0.400. The average Bonchev–Trinajstić information content (AvgIpc) is 2.94. The molecule has 0 unspecified atom stereocenters. The zero-order valence-electron chi connectivity index (χ0n) is 13.1. The number of carbonyl (C=O) groups is 1. The van der Waals surface area contributed by atoms with Crippen molar-refractivity contribution in [3.05, 3.63) is 40.1 Å². The van der Waals surface area contributed by atoms with Crippen LogP contribution in [-0.4, -0.2) is 25.9 Å². The number of hydrogen-bond acceptors (Lipinski definition) is 4. The van der Waals surface area contributed by atoms with E-state index in [0.717, 1.165) is 17.3 Å². The normalized spacial score (nSPS) is 13.6. The Balaban J connectivity index is 2.00. The van der Waals surface area contributed by atoms with Gasteiger partial charge in [0.05, 0.1) is 11.3 Å². The standard InChI is InChI=1S/C15H18Cl2N4OS/c1-4-21-8-18-20-15(21)23-10(3)14(22)19-9(2)12-6-5-11(16)7-13(12)17/h5-10H,4H2,1-3H3,(H,19,22)/t9-,10+/m1/s1. The summed E-state index contributed by atoms with van der Waals surface area (Å²) in [6.45, 7) is 6.49. The lowest BCUT2D eigenvalue weighted by Crippen LogP contribution is -2.33. The molecule has 0 saturated carbocycles. The van der Waals surface area contributed by atoms with Gasteiger partial charge in [-0.3, -0.25) is 4.79 Å². The number of benzene rings is 1. The van der Waals surface area contributed by atoms with Crippen LogP contribution in [0.3, 0.4) is 0 Å². The maximum atomic E-state index is 12.4. The van der Waals surface area contributed by atoms with E-state index in [9.17, 15) is 4.79 Å². The van der Waals surface area contributed by atoms with Gasteiger partial charge in [-0.05, 0) is 38.5 Å². The molecule has 0 bridgehead atoms.